The lowest BCUT2D eigenvalue weighted by molar-refractivity contribution is 0.425. The van der Waals surface area contributed by atoms with Gasteiger partial charge in [-0.1, -0.05) is 0 Å². The van der Waals surface area contributed by atoms with E-state index in [2.05, 4.69) is 39.3 Å². The van der Waals surface area contributed by atoms with E-state index in [4.69, 9.17) is 0 Å². The van der Waals surface area contributed by atoms with Crippen LogP contribution in [0.15, 0.2) is 43.0 Å². The van der Waals surface area contributed by atoms with E-state index in [-0.39, 0.29) is 0 Å². The molecule has 3 aromatic heterocycles. The fourth-order valence-corrected chi connectivity index (χ4v) is 2.37. The summed E-state index contributed by atoms with van der Waals surface area (Å²) in [5, 5.41) is 4.71. The molecular formula is C16H19N5. The summed E-state index contributed by atoms with van der Waals surface area (Å²) in [5.41, 5.74) is 4.37. The van der Waals surface area contributed by atoms with Crippen LogP contribution in [0.2, 0.25) is 0 Å². The molecular weight excluding hydrogens is 262 g/mol. The number of nitrogens with zero attached hydrogens (tertiary/aromatic N) is 3. The molecule has 0 aromatic carbocycles. The molecule has 0 unspecified atom stereocenters. The third-order valence-corrected chi connectivity index (χ3v) is 3.43. The standard InChI is InChI=1S/C16H19N5/c1-21(2)10-9-19-16-13-5-8-18-11-14(13)20-15(16)12-3-6-17-7-4-12/h3-8,11,19-20H,9-10H2,1-2H3. The fourth-order valence-electron chi connectivity index (χ4n) is 2.37. The molecule has 0 spiro atoms. The van der Waals surface area contributed by atoms with Crippen LogP contribution in [0.4, 0.5) is 5.69 Å². The van der Waals surface area contributed by atoms with Crippen molar-refractivity contribution in [2.45, 2.75) is 0 Å². The number of aromatic amines is 1. The molecule has 2 N–H and O–H groups in total. The van der Waals surface area contributed by atoms with Crippen LogP contribution in [-0.2, 0) is 0 Å². The average molecular weight is 281 g/mol. The van der Waals surface area contributed by atoms with Crippen molar-refractivity contribution in [3.63, 3.8) is 0 Å². The van der Waals surface area contributed by atoms with Crippen LogP contribution >= 0.6 is 0 Å². The van der Waals surface area contributed by atoms with Gasteiger partial charge in [0.2, 0.25) is 0 Å². The highest BCUT2D eigenvalue weighted by atomic mass is 15.1. The first-order chi connectivity index (χ1) is 10.3. The largest absolute Gasteiger partial charge is 0.382 e. The zero-order chi connectivity index (χ0) is 14.7. The molecule has 0 atom stereocenters. The van der Waals surface area contributed by atoms with Crippen molar-refractivity contribution in [2.75, 3.05) is 32.5 Å². The van der Waals surface area contributed by atoms with E-state index in [1.807, 2.05) is 43.0 Å². The van der Waals surface area contributed by atoms with Crippen LogP contribution in [0, 0.1) is 0 Å². The molecule has 3 rings (SSSR count). The Balaban J connectivity index is 2.02. The molecule has 5 nitrogen and oxygen atoms in total. The Labute approximate surface area is 124 Å². The van der Waals surface area contributed by atoms with Gasteiger partial charge in [0.15, 0.2) is 0 Å². The first-order valence-corrected chi connectivity index (χ1v) is 7.00. The Morgan fingerprint density at radius 1 is 1.10 bits per heavy atom. The van der Waals surface area contributed by atoms with Crippen molar-refractivity contribution in [3.05, 3.63) is 43.0 Å². The van der Waals surface area contributed by atoms with Gasteiger partial charge < -0.3 is 15.2 Å². The monoisotopic (exact) mass is 281 g/mol. The minimum absolute atomic E-state index is 0.889. The lowest BCUT2D eigenvalue weighted by Gasteiger charge is -2.12. The summed E-state index contributed by atoms with van der Waals surface area (Å²) >= 11 is 0. The van der Waals surface area contributed by atoms with Gasteiger partial charge in [-0.2, -0.15) is 0 Å². The van der Waals surface area contributed by atoms with Crippen molar-refractivity contribution in [1.29, 1.82) is 0 Å². The zero-order valence-electron chi connectivity index (χ0n) is 12.3. The number of H-pyrrole nitrogens is 1. The van der Waals surface area contributed by atoms with Crippen LogP contribution < -0.4 is 5.32 Å². The Morgan fingerprint density at radius 2 is 1.86 bits per heavy atom. The normalized spacial score (nSPS) is 11.2. The van der Waals surface area contributed by atoms with Gasteiger partial charge in [0.1, 0.15) is 0 Å². The smallest absolute Gasteiger partial charge is 0.0702 e. The lowest BCUT2D eigenvalue weighted by Crippen LogP contribution is -2.20. The molecule has 0 saturated heterocycles. The second-order valence-electron chi connectivity index (χ2n) is 5.26. The number of pyridine rings is 2. The first-order valence-electron chi connectivity index (χ1n) is 7.00. The van der Waals surface area contributed by atoms with Gasteiger partial charge >= 0.3 is 0 Å². The number of hydrogen-bond acceptors (Lipinski definition) is 4. The van der Waals surface area contributed by atoms with Crippen LogP contribution in [0.5, 0.6) is 0 Å². The minimum atomic E-state index is 0.889. The van der Waals surface area contributed by atoms with Crippen molar-refractivity contribution in [3.8, 4) is 11.3 Å². The van der Waals surface area contributed by atoms with E-state index in [1.54, 1.807) is 0 Å². The molecule has 108 valence electrons. The number of hydrogen-bond donors (Lipinski definition) is 2. The summed E-state index contributed by atoms with van der Waals surface area (Å²) in [5.74, 6) is 0. The maximum Gasteiger partial charge on any atom is 0.0702 e. The van der Waals surface area contributed by atoms with E-state index in [1.165, 1.54) is 0 Å². The Kier molecular flexibility index (Phi) is 3.83. The number of likely N-dealkylation sites (N-methyl/N-ethyl adjacent to an activating group) is 1. The SMILES string of the molecule is CN(C)CCNc1c(-c2ccncc2)[nH]c2cnccc12. The highest BCUT2D eigenvalue weighted by molar-refractivity contribution is 6.00. The molecule has 3 heterocycles. The van der Waals surface area contributed by atoms with Gasteiger partial charge in [-0.05, 0) is 32.3 Å². The predicted octanol–water partition coefficient (Wildman–Crippen LogP) is 2.60. The number of aromatic nitrogens is 3. The third kappa shape index (κ3) is 2.87. The summed E-state index contributed by atoms with van der Waals surface area (Å²) < 4.78 is 0. The molecule has 0 radical (unpaired) electrons. The fraction of sp³-hybridized carbons (Fsp3) is 0.250. The van der Waals surface area contributed by atoms with Crippen LogP contribution in [0.3, 0.4) is 0 Å². The summed E-state index contributed by atoms with van der Waals surface area (Å²) in [6.45, 7) is 1.87. The molecule has 0 aliphatic heterocycles. The van der Waals surface area contributed by atoms with Crippen molar-refractivity contribution in [1.82, 2.24) is 19.9 Å². The summed E-state index contributed by atoms with van der Waals surface area (Å²) in [4.78, 5) is 13.9. The third-order valence-electron chi connectivity index (χ3n) is 3.43. The van der Waals surface area contributed by atoms with Crippen LogP contribution in [0.25, 0.3) is 22.2 Å². The topological polar surface area (TPSA) is 56.8 Å². The van der Waals surface area contributed by atoms with Gasteiger partial charge in [0, 0.05) is 42.6 Å². The molecule has 0 bridgehead atoms. The number of anilines is 1. The summed E-state index contributed by atoms with van der Waals surface area (Å²) in [7, 11) is 4.15. The van der Waals surface area contributed by atoms with Gasteiger partial charge in [0.05, 0.1) is 23.1 Å². The van der Waals surface area contributed by atoms with Crippen molar-refractivity contribution < 1.29 is 0 Å². The van der Waals surface area contributed by atoms with Gasteiger partial charge in [-0.15, -0.1) is 0 Å². The summed E-state index contributed by atoms with van der Waals surface area (Å²) in [6, 6.07) is 6.05. The number of fused-ring (bicyclic) bond motifs is 1. The lowest BCUT2D eigenvalue weighted by atomic mass is 10.1. The summed E-state index contributed by atoms with van der Waals surface area (Å²) in [6.07, 6.45) is 7.30. The highest BCUT2D eigenvalue weighted by Crippen LogP contribution is 2.34. The molecule has 0 aliphatic carbocycles. The molecule has 21 heavy (non-hydrogen) atoms. The van der Waals surface area contributed by atoms with Crippen LogP contribution in [-0.4, -0.2) is 47.0 Å². The first kappa shape index (κ1) is 13.6. The highest BCUT2D eigenvalue weighted by Gasteiger charge is 2.12. The predicted molar refractivity (Wildman–Crippen MR) is 86.4 cm³/mol. The second-order valence-corrected chi connectivity index (χ2v) is 5.26. The van der Waals surface area contributed by atoms with Gasteiger partial charge in [-0.25, -0.2) is 0 Å². The van der Waals surface area contributed by atoms with E-state index >= 15 is 0 Å². The van der Waals surface area contributed by atoms with E-state index in [0.29, 0.717) is 0 Å². The van der Waals surface area contributed by atoms with E-state index < -0.39 is 0 Å². The Hall–Kier alpha value is -2.40. The molecule has 0 aliphatic rings. The van der Waals surface area contributed by atoms with Crippen molar-refractivity contribution in [2.24, 2.45) is 0 Å². The molecule has 3 aromatic rings. The molecule has 0 amide bonds. The average Bonchev–Trinajstić information content (AvgIpc) is 2.87. The Morgan fingerprint density at radius 3 is 2.62 bits per heavy atom. The quantitative estimate of drug-likeness (QED) is 0.755. The van der Waals surface area contributed by atoms with Gasteiger partial charge in [0.25, 0.3) is 0 Å². The van der Waals surface area contributed by atoms with Gasteiger partial charge in [-0.3, -0.25) is 9.97 Å². The minimum Gasteiger partial charge on any atom is -0.382 e. The Bertz CT molecular complexity index is 718. The number of rotatable bonds is 5. The van der Waals surface area contributed by atoms with E-state index in [0.717, 1.165) is 40.9 Å². The zero-order valence-corrected chi connectivity index (χ0v) is 12.3. The van der Waals surface area contributed by atoms with Crippen molar-refractivity contribution >= 4 is 16.6 Å². The number of nitrogens with one attached hydrogen (secondary N) is 2. The molecule has 0 saturated carbocycles. The van der Waals surface area contributed by atoms with E-state index in [9.17, 15) is 0 Å². The molecule has 5 heteroatoms. The maximum atomic E-state index is 4.19. The second kappa shape index (κ2) is 5.93. The van der Waals surface area contributed by atoms with Crippen LogP contribution in [0.1, 0.15) is 0 Å². The molecule has 0 fully saturated rings. The maximum absolute atomic E-state index is 4.19.